The number of rotatable bonds is 5. The summed E-state index contributed by atoms with van der Waals surface area (Å²) in [4.78, 5) is 15.2. The zero-order chi connectivity index (χ0) is 16.9. The molecule has 3 heteroatoms. The molecule has 3 nitrogen and oxygen atoms in total. The molecule has 3 rings (SSSR count). The Morgan fingerprint density at radius 3 is 2.25 bits per heavy atom. The maximum atomic E-state index is 12.9. The van der Waals surface area contributed by atoms with E-state index >= 15 is 0 Å². The van der Waals surface area contributed by atoms with E-state index in [9.17, 15) is 4.79 Å². The first-order chi connectivity index (χ1) is 11.7. The molecule has 0 saturated carbocycles. The summed E-state index contributed by atoms with van der Waals surface area (Å²) in [6, 6.07) is 16.3. The quantitative estimate of drug-likeness (QED) is 0.772. The number of nitrogens with zero attached hydrogens (tertiary/aromatic N) is 1. The summed E-state index contributed by atoms with van der Waals surface area (Å²) in [6.45, 7) is 7.50. The largest absolute Gasteiger partial charge is 0.378 e. The van der Waals surface area contributed by atoms with Crippen molar-refractivity contribution in [1.82, 2.24) is 0 Å². The summed E-state index contributed by atoms with van der Waals surface area (Å²) in [5.74, 6) is 0.134. The van der Waals surface area contributed by atoms with Crippen LogP contribution in [0.5, 0.6) is 0 Å². The molecule has 0 N–H and O–H groups in total. The molecule has 24 heavy (non-hydrogen) atoms. The van der Waals surface area contributed by atoms with Crippen molar-refractivity contribution < 1.29 is 9.53 Å². The molecule has 1 fully saturated rings. The highest BCUT2D eigenvalue weighted by atomic mass is 16.5. The van der Waals surface area contributed by atoms with Gasteiger partial charge in [0, 0.05) is 30.3 Å². The van der Waals surface area contributed by atoms with E-state index in [1.807, 2.05) is 12.1 Å². The normalized spacial score (nSPS) is 16.0. The van der Waals surface area contributed by atoms with E-state index in [-0.39, 0.29) is 11.7 Å². The second-order valence-corrected chi connectivity index (χ2v) is 6.38. The number of anilines is 1. The minimum Gasteiger partial charge on any atom is -0.378 e. The van der Waals surface area contributed by atoms with E-state index in [1.54, 1.807) is 0 Å². The summed E-state index contributed by atoms with van der Waals surface area (Å²) in [6.07, 6.45) is 0.813. The molecular weight excluding hydrogens is 298 g/mol. The first-order valence-electron chi connectivity index (χ1n) is 8.72. The van der Waals surface area contributed by atoms with Crippen LogP contribution in [0.1, 0.15) is 40.7 Å². The molecule has 0 spiro atoms. The monoisotopic (exact) mass is 323 g/mol. The number of hydrogen-bond acceptors (Lipinski definition) is 3. The number of carbonyl (C=O) groups excluding carboxylic acids is 1. The van der Waals surface area contributed by atoms with Crippen LogP contribution in [0.15, 0.2) is 48.5 Å². The maximum Gasteiger partial charge on any atom is 0.170 e. The Balaban J connectivity index is 1.76. The van der Waals surface area contributed by atoms with Crippen molar-refractivity contribution in [3.05, 3.63) is 65.2 Å². The number of aryl methyl sites for hydroxylation is 1. The van der Waals surface area contributed by atoms with Crippen molar-refractivity contribution in [3.63, 3.8) is 0 Å². The zero-order valence-corrected chi connectivity index (χ0v) is 14.5. The second kappa shape index (κ2) is 7.63. The van der Waals surface area contributed by atoms with Crippen molar-refractivity contribution in [2.75, 3.05) is 31.2 Å². The van der Waals surface area contributed by atoms with Gasteiger partial charge in [-0.3, -0.25) is 4.79 Å². The molecule has 1 saturated heterocycles. The Morgan fingerprint density at radius 2 is 1.67 bits per heavy atom. The molecule has 1 aliphatic heterocycles. The molecule has 0 bridgehead atoms. The van der Waals surface area contributed by atoms with E-state index in [0.717, 1.165) is 43.9 Å². The highest BCUT2D eigenvalue weighted by molar-refractivity contribution is 6.01. The van der Waals surface area contributed by atoms with Gasteiger partial charge in [-0.1, -0.05) is 36.8 Å². The van der Waals surface area contributed by atoms with Gasteiger partial charge in [0.2, 0.25) is 0 Å². The highest BCUT2D eigenvalue weighted by Gasteiger charge is 2.20. The lowest BCUT2D eigenvalue weighted by atomic mass is 9.88. The van der Waals surface area contributed by atoms with Crippen LogP contribution >= 0.6 is 0 Å². The Bertz CT molecular complexity index is 670. The van der Waals surface area contributed by atoms with Gasteiger partial charge in [-0.25, -0.2) is 0 Å². The van der Waals surface area contributed by atoms with Gasteiger partial charge in [0.15, 0.2) is 5.78 Å². The zero-order valence-electron chi connectivity index (χ0n) is 14.5. The Morgan fingerprint density at radius 1 is 1.04 bits per heavy atom. The third-order valence-electron chi connectivity index (χ3n) is 4.73. The smallest absolute Gasteiger partial charge is 0.170 e. The number of hydrogen-bond donors (Lipinski definition) is 0. The predicted molar refractivity (Wildman–Crippen MR) is 98.0 cm³/mol. The first kappa shape index (κ1) is 16.7. The fourth-order valence-corrected chi connectivity index (χ4v) is 3.23. The van der Waals surface area contributed by atoms with Gasteiger partial charge >= 0.3 is 0 Å². The minimum atomic E-state index is -0.0696. The molecule has 1 atom stereocenters. The van der Waals surface area contributed by atoms with Gasteiger partial charge in [-0.05, 0) is 43.2 Å². The molecule has 0 amide bonds. The number of benzene rings is 2. The van der Waals surface area contributed by atoms with Crippen LogP contribution in [0, 0.1) is 6.92 Å². The van der Waals surface area contributed by atoms with Crippen molar-refractivity contribution >= 4 is 11.5 Å². The number of ether oxygens (including phenoxy) is 1. The Labute approximate surface area is 144 Å². The third kappa shape index (κ3) is 3.68. The summed E-state index contributed by atoms with van der Waals surface area (Å²) in [5, 5.41) is 0. The molecule has 2 aromatic carbocycles. The molecule has 126 valence electrons. The van der Waals surface area contributed by atoms with E-state index in [4.69, 9.17) is 4.74 Å². The molecule has 1 heterocycles. The number of ketones is 1. The summed E-state index contributed by atoms with van der Waals surface area (Å²) >= 11 is 0. The summed E-state index contributed by atoms with van der Waals surface area (Å²) in [5.41, 5.74) is 4.28. The van der Waals surface area contributed by atoms with Gasteiger partial charge in [0.1, 0.15) is 0 Å². The standard InChI is InChI=1S/C21H25NO2/c1-3-20(17-6-4-16(2)5-7-17)21(23)18-8-10-19(11-9-18)22-12-14-24-15-13-22/h4-11,20H,3,12-15H2,1-2H3. The molecular formula is C21H25NO2. The molecule has 1 unspecified atom stereocenters. The highest BCUT2D eigenvalue weighted by Crippen LogP contribution is 2.26. The van der Waals surface area contributed by atoms with Crippen LogP contribution in [-0.2, 0) is 4.74 Å². The predicted octanol–water partition coefficient (Wildman–Crippen LogP) is 4.21. The van der Waals surface area contributed by atoms with E-state index in [1.165, 1.54) is 11.3 Å². The van der Waals surface area contributed by atoms with Crippen molar-refractivity contribution in [1.29, 1.82) is 0 Å². The average molecular weight is 323 g/mol. The third-order valence-corrected chi connectivity index (χ3v) is 4.73. The lowest BCUT2D eigenvalue weighted by Crippen LogP contribution is -2.36. The second-order valence-electron chi connectivity index (χ2n) is 6.38. The van der Waals surface area contributed by atoms with Gasteiger partial charge in [0.05, 0.1) is 13.2 Å². The lowest BCUT2D eigenvalue weighted by molar-refractivity contribution is 0.0957. The van der Waals surface area contributed by atoms with Gasteiger partial charge < -0.3 is 9.64 Å². The SMILES string of the molecule is CCC(C(=O)c1ccc(N2CCOCC2)cc1)c1ccc(C)cc1. The Hall–Kier alpha value is -2.13. The van der Waals surface area contributed by atoms with Crippen molar-refractivity contribution in [2.24, 2.45) is 0 Å². The van der Waals surface area contributed by atoms with Gasteiger partial charge in [-0.15, -0.1) is 0 Å². The molecule has 2 aromatic rings. The van der Waals surface area contributed by atoms with E-state index < -0.39 is 0 Å². The van der Waals surface area contributed by atoms with E-state index in [0.29, 0.717) is 0 Å². The molecule has 0 aromatic heterocycles. The Kier molecular flexibility index (Phi) is 5.31. The lowest BCUT2D eigenvalue weighted by Gasteiger charge is -2.29. The van der Waals surface area contributed by atoms with Crippen LogP contribution in [0.25, 0.3) is 0 Å². The van der Waals surface area contributed by atoms with Crippen molar-refractivity contribution in [3.8, 4) is 0 Å². The van der Waals surface area contributed by atoms with Crippen molar-refractivity contribution in [2.45, 2.75) is 26.2 Å². The van der Waals surface area contributed by atoms with Crippen LogP contribution in [0.2, 0.25) is 0 Å². The molecule has 1 aliphatic rings. The minimum absolute atomic E-state index is 0.0696. The fraction of sp³-hybridized carbons (Fsp3) is 0.381. The molecule has 0 aliphatic carbocycles. The van der Waals surface area contributed by atoms with Gasteiger partial charge in [0.25, 0.3) is 0 Å². The fourth-order valence-electron chi connectivity index (χ4n) is 3.23. The van der Waals surface area contributed by atoms with E-state index in [2.05, 4.69) is 55.1 Å². The molecule has 0 radical (unpaired) electrons. The average Bonchev–Trinajstić information content (AvgIpc) is 2.64. The van der Waals surface area contributed by atoms with Crippen LogP contribution < -0.4 is 4.90 Å². The maximum absolute atomic E-state index is 12.9. The number of Topliss-reactive ketones (excluding diaryl/α,β-unsaturated/α-hetero) is 1. The number of carbonyl (C=O) groups is 1. The topological polar surface area (TPSA) is 29.5 Å². The summed E-state index contributed by atoms with van der Waals surface area (Å²) < 4.78 is 5.39. The first-order valence-corrected chi connectivity index (χ1v) is 8.72. The van der Waals surface area contributed by atoms with Crippen LogP contribution in [0.4, 0.5) is 5.69 Å². The van der Waals surface area contributed by atoms with Crippen LogP contribution in [-0.4, -0.2) is 32.1 Å². The number of morpholine rings is 1. The van der Waals surface area contributed by atoms with Gasteiger partial charge in [-0.2, -0.15) is 0 Å². The van der Waals surface area contributed by atoms with Crippen LogP contribution in [0.3, 0.4) is 0 Å². The summed E-state index contributed by atoms with van der Waals surface area (Å²) in [7, 11) is 0.